The van der Waals surface area contributed by atoms with Crippen molar-refractivity contribution in [3.63, 3.8) is 0 Å². The molecular formula is C14H17BrFNO. The van der Waals surface area contributed by atoms with Gasteiger partial charge in [0, 0.05) is 12.0 Å². The van der Waals surface area contributed by atoms with Crippen LogP contribution in [-0.4, -0.2) is 18.2 Å². The van der Waals surface area contributed by atoms with Crippen molar-refractivity contribution in [2.24, 2.45) is 11.7 Å². The van der Waals surface area contributed by atoms with Crippen molar-refractivity contribution in [1.82, 2.24) is 0 Å². The summed E-state index contributed by atoms with van der Waals surface area (Å²) in [5, 5.41) is 0. The highest BCUT2D eigenvalue weighted by atomic mass is 79.9. The first-order valence-electron chi connectivity index (χ1n) is 6.49. The van der Waals surface area contributed by atoms with Gasteiger partial charge >= 0.3 is 0 Å². The van der Waals surface area contributed by atoms with Gasteiger partial charge in [-0.25, -0.2) is 4.39 Å². The van der Waals surface area contributed by atoms with E-state index in [9.17, 15) is 4.39 Å². The number of hydrogen-bond donors (Lipinski definition) is 1. The highest BCUT2D eigenvalue weighted by Gasteiger charge is 2.43. The van der Waals surface area contributed by atoms with Gasteiger partial charge in [0.15, 0.2) is 0 Å². The molecule has 3 rings (SSSR count). The molecule has 2 N–H and O–H groups in total. The first-order valence-corrected chi connectivity index (χ1v) is 7.28. The van der Waals surface area contributed by atoms with Crippen molar-refractivity contribution in [2.75, 3.05) is 0 Å². The van der Waals surface area contributed by atoms with E-state index in [1.54, 1.807) is 6.07 Å². The lowest BCUT2D eigenvalue weighted by molar-refractivity contribution is 0.0885. The van der Waals surface area contributed by atoms with Crippen molar-refractivity contribution < 1.29 is 9.13 Å². The lowest BCUT2D eigenvalue weighted by Crippen LogP contribution is -2.38. The predicted molar refractivity (Wildman–Crippen MR) is 71.8 cm³/mol. The molecule has 1 aromatic carbocycles. The Kier molecular flexibility index (Phi) is 3.43. The van der Waals surface area contributed by atoms with Crippen LogP contribution < -0.4 is 5.73 Å². The highest BCUT2D eigenvalue weighted by molar-refractivity contribution is 9.10. The van der Waals surface area contributed by atoms with E-state index in [2.05, 4.69) is 15.9 Å². The Morgan fingerprint density at radius 1 is 1.44 bits per heavy atom. The number of ether oxygens (including phenoxy) is 1. The van der Waals surface area contributed by atoms with E-state index in [0.717, 1.165) is 18.4 Å². The Hall–Kier alpha value is -0.450. The largest absolute Gasteiger partial charge is 0.375 e. The number of nitrogens with two attached hydrogens (primary N) is 1. The van der Waals surface area contributed by atoms with E-state index in [1.165, 1.54) is 12.5 Å². The lowest BCUT2D eigenvalue weighted by Gasteiger charge is -2.25. The average Bonchev–Trinajstić information content (AvgIpc) is 2.97. The summed E-state index contributed by atoms with van der Waals surface area (Å²) in [5.41, 5.74) is 7.24. The van der Waals surface area contributed by atoms with E-state index in [-0.39, 0.29) is 11.9 Å². The number of fused-ring (bicyclic) bond motifs is 2. The maximum absolute atomic E-state index is 13.4. The zero-order chi connectivity index (χ0) is 12.7. The lowest BCUT2D eigenvalue weighted by atomic mass is 9.82. The molecule has 0 amide bonds. The molecule has 4 atom stereocenters. The molecular weight excluding hydrogens is 297 g/mol. The zero-order valence-electron chi connectivity index (χ0n) is 10.1. The molecule has 0 saturated carbocycles. The topological polar surface area (TPSA) is 35.2 Å². The van der Waals surface area contributed by atoms with Crippen LogP contribution in [-0.2, 0) is 11.2 Å². The fraction of sp³-hybridized carbons (Fsp3) is 0.571. The van der Waals surface area contributed by atoms with Crippen molar-refractivity contribution in [1.29, 1.82) is 0 Å². The number of rotatable bonds is 3. The molecule has 2 bridgehead atoms. The molecule has 4 unspecified atom stereocenters. The fourth-order valence-corrected chi connectivity index (χ4v) is 3.67. The van der Waals surface area contributed by atoms with E-state index < -0.39 is 0 Å². The Labute approximate surface area is 115 Å². The summed E-state index contributed by atoms with van der Waals surface area (Å²) >= 11 is 3.30. The summed E-state index contributed by atoms with van der Waals surface area (Å²) in [6.07, 6.45) is 4.83. The van der Waals surface area contributed by atoms with Crippen LogP contribution in [0.3, 0.4) is 0 Å². The summed E-state index contributed by atoms with van der Waals surface area (Å²) in [4.78, 5) is 0. The van der Waals surface area contributed by atoms with Crippen LogP contribution in [0, 0.1) is 11.7 Å². The third kappa shape index (κ3) is 2.22. The van der Waals surface area contributed by atoms with Crippen LogP contribution in [0.5, 0.6) is 0 Å². The highest BCUT2D eigenvalue weighted by Crippen LogP contribution is 2.40. The predicted octanol–water partition coefficient (Wildman–Crippen LogP) is 3.03. The van der Waals surface area contributed by atoms with Gasteiger partial charge in [0.1, 0.15) is 5.82 Å². The van der Waals surface area contributed by atoms with Gasteiger partial charge in [-0.3, -0.25) is 0 Å². The van der Waals surface area contributed by atoms with Gasteiger partial charge < -0.3 is 10.5 Å². The van der Waals surface area contributed by atoms with E-state index in [0.29, 0.717) is 29.0 Å². The average molecular weight is 314 g/mol. The van der Waals surface area contributed by atoms with Gasteiger partial charge in [0.05, 0.1) is 16.7 Å². The molecule has 0 aliphatic carbocycles. The second kappa shape index (κ2) is 4.91. The van der Waals surface area contributed by atoms with Gasteiger partial charge in [-0.2, -0.15) is 0 Å². The summed E-state index contributed by atoms with van der Waals surface area (Å²) in [6, 6.07) is 5.18. The van der Waals surface area contributed by atoms with Gasteiger partial charge in [-0.15, -0.1) is 0 Å². The van der Waals surface area contributed by atoms with Crippen LogP contribution in [0.1, 0.15) is 24.8 Å². The van der Waals surface area contributed by atoms with Crippen molar-refractivity contribution in [2.45, 2.75) is 43.9 Å². The molecule has 0 radical (unpaired) electrons. The molecule has 2 heterocycles. The minimum atomic E-state index is -0.219. The third-order valence-electron chi connectivity index (χ3n) is 4.19. The smallest absolute Gasteiger partial charge is 0.137 e. The van der Waals surface area contributed by atoms with E-state index in [1.807, 2.05) is 6.07 Å². The maximum Gasteiger partial charge on any atom is 0.137 e. The zero-order valence-corrected chi connectivity index (χ0v) is 11.7. The standard InChI is InChI=1S/C14H17BrFNO/c15-14-8(2-1-3-11(14)16)6-12(17)10-7-9-4-5-13(10)18-9/h1-3,9-10,12-13H,4-7,17H2. The molecule has 2 fully saturated rings. The molecule has 0 aromatic heterocycles. The van der Waals surface area contributed by atoms with Gasteiger partial charge in [-0.1, -0.05) is 12.1 Å². The van der Waals surface area contributed by atoms with Crippen LogP contribution >= 0.6 is 15.9 Å². The first kappa shape index (κ1) is 12.6. The van der Waals surface area contributed by atoms with Crippen LogP contribution in [0.2, 0.25) is 0 Å². The summed E-state index contributed by atoms with van der Waals surface area (Å²) in [7, 11) is 0. The molecule has 0 spiro atoms. The fourth-order valence-electron chi connectivity index (χ4n) is 3.24. The summed E-state index contributed by atoms with van der Waals surface area (Å²) in [5.74, 6) is 0.211. The maximum atomic E-state index is 13.4. The van der Waals surface area contributed by atoms with Crippen LogP contribution in [0.15, 0.2) is 22.7 Å². The molecule has 1 aromatic rings. The number of halogens is 2. The van der Waals surface area contributed by atoms with Crippen LogP contribution in [0.25, 0.3) is 0 Å². The summed E-state index contributed by atoms with van der Waals surface area (Å²) in [6.45, 7) is 0. The molecule has 2 nitrogen and oxygen atoms in total. The molecule has 18 heavy (non-hydrogen) atoms. The van der Waals surface area contributed by atoms with E-state index >= 15 is 0 Å². The number of hydrogen-bond acceptors (Lipinski definition) is 2. The Morgan fingerprint density at radius 3 is 2.94 bits per heavy atom. The SMILES string of the molecule is NC(Cc1cccc(F)c1Br)C1CC2CCC1O2. The molecule has 4 heteroatoms. The molecule has 2 aliphatic heterocycles. The molecule has 98 valence electrons. The van der Waals surface area contributed by atoms with Gasteiger partial charge in [0.2, 0.25) is 0 Å². The molecule has 2 saturated heterocycles. The van der Waals surface area contributed by atoms with Gasteiger partial charge in [-0.05, 0) is 53.2 Å². The Morgan fingerprint density at radius 2 is 2.28 bits per heavy atom. The minimum absolute atomic E-state index is 0.0541. The minimum Gasteiger partial charge on any atom is -0.375 e. The van der Waals surface area contributed by atoms with Crippen molar-refractivity contribution in [3.8, 4) is 0 Å². The van der Waals surface area contributed by atoms with E-state index in [4.69, 9.17) is 10.5 Å². The van der Waals surface area contributed by atoms with Crippen molar-refractivity contribution >= 4 is 15.9 Å². The monoisotopic (exact) mass is 313 g/mol. The quantitative estimate of drug-likeness (QED) is 0.931. The van der Waals surface area contributed by atoms with Crippen LogP contribution in [0.4, 0.5) is 4.39 Å². The second-order valence-electron chi connectivity index (χ2n) is 5.35. The first-order chi connectivity index (χ1) is 8.65. The van der Waals surface area contributed by atoms with Gasteiger partial charge in [0.25, 0.3) is 0 Å². The second-order valence-corrected chi connectivity index (χ2v) is 6.15. The Bertz CT molecular complexity index is 453. The summed E-state index contributed by atoms with van der Waals surface area (Å²) < 4.78 is 19.8. The Balaban J connectivity index is 1.71. The van der Waals surface area contributed by atoms with Crippen molar-refractivity contribution in [3.05, 3.63) is 34.1 Å². The number of benzene rings is 1. The normalized spacial score (nSPS) is 31.8. The third-order valence-corrected chi connectivity index (χ3v) is 5.08. The molecule has 2 aliphatic rings.